The molecule has 3 amide bonds. The lowest BCUT2D eigenvalue weighted by Crippen LogP contribution is -2.47. The van der Waals surface area contributed by atoms with Crippen molar-refractivity contribution >= 4 is 40.7 Å². The van der Waals surface area contributed by atoms with Gasteiger partial charge in [0, 0.05) is 38.8 Å². The zero-order valence-corrected chi connectivity index (χ0v) is 22.3. The summed E-state index contributed by atoms with van der Waals surface area (Å²) in [4.78, 5) is 49.2. The maximum Gasteiger partial charge on any atom is 0.265 e. The highest BCUT2D eigenvalue weighted by atomic mass is 35.5. The topological polar surface area (TPSA) is 83.0 Å². The number of hydrogen-bond donors (Lipinski definition) is 0. The van der Waals surface area contributed by atoms with Crippen LogP contribution in [0.2, 0.25) is 5.02 Å². The van der Waals surface area contributed by atoms with Crippen LogP contribution in [0.4, 0.5) is 0 Å². The number of rotatable bonds is 1. The van der Waals surface area contributed by atoms with Crippen molar-refractivity contribution in [1.29, 1.82) is 0 Å². The van der Waals surface area contributed by atoms with Gasteiger partial charge in [-0.3, -0.25) is 14.4 Å². The highest BCUT2D eigenvalue weighted by Crippen LogP contribution is 2.25. The number of benzene rings is 1. The fourth-order valence-corrected chi connectivity index (χ4v) is 4.90. The van der Waals surface area contributed by atoms with Crippen molar-refractivity contribution in [1.82, 2.24) is 19.7 Å². The summed E-state index contributed by atoms with van der Waals surface area (Å²) in [6, 6.07) is 4.28. The molecule has 0 spiro atoms. The van der Waals surface area contributed by atoms with Gasteiger partial charge in [-0.1, -0.05) is 11.6 Å². The molecule has 0 bridgehead atoms. The Morgan fingerprint density at radius 3 is 2.49 bits per heavy atom. The molecule has 0 radical (unpaired) electrons. The molecule has 1 atom stereocenters. The third kappa shape index (κ3) is 6.73. The molecule has 0 aliphatic carbocycles. The van der Waals surface area contributed by atoms with E-state index in [0.29, 0.717) is 47.5 Å². The highest BCUT2D eigenvalue weighted by molar-refractivity contribution is 7.11. The second-order valence-electron chi connectivity index (χ2n) is 8.81. The van der Waals surface area contributed by atoms with E-state index in [1.807, 2.05) is 11.8 Å². The molecular formula is C25H33ClN4O4S. The third-order valence-electron chi connectivity index (χ3n) is 6.29. The molecule has 2 heterocycles. The first-order valence-electron chi connectivity index (χ1n) is 11.8. The molecular weight excluding hydrogens is 488 g/mol. The number of amides is 3. The number of thiazole rings is 1. The Balaban J connectivity index is 1.81. The number of carbonyl (C=O) groups excluding carboxylic acids is 3. The first-order chi connectivity index (χ1) is 16.7. The Labute approximate surface area is 215 Å². The standard InChI is InChI=1S/C25H33ClN4O4S/c1-17-22(35-16-27-17)25(33)30-12-6-5-11-28(3)23(31)18(2)29(4)24(32)20-15-19(26)9-10-21(20)34-14-8-7-13-30/h9-10,15-16,18H,5-8,11-14H2,1-4H3/t18-/m0/s1. The van der Waals surface area contributed by atoms with Gasteiger partial charge in [-0.15, -0.1) is 11.3 Å². The summed E-state index contributed by atoms with van der Waals surface area (Å²) in [5.74, 6) is -0.0495. The molecule has 0 saturated heterocycles. The van der Waals surface area contributed by atoms with Gasteiger partial charge in [0.25, 0.3) is 11.8 Å². The van der Waals surface area contributed by atoms with Gasteiger partial charge in [0.05, 0.1) is 23.4 Å². The number of likely N-dealkylation sites (N-methyl/N-ethyl adjacent to an activating group) is 2. The number of fused-ring (bicyclic) bond motifs is 1. The zero-order valence-electron chi connectivity index (χ0n) is 20.8. The summed E-state index contributed by atoms with van der Waals surface area (Å²) in [5.41, 5.74) is 2.76. The van der Waals surface area contributed by atoms with Crippen molar-refractivity contribution < 1.29 is 19.1 Å². The zero-order chi connectivity index (χ0) is 25.5. The summed E-state index contributed by atoms with van der Waals surface area (Å²) in [6.07, 6.45) is 3.00. The van der Waals surface area contributed by atoms with Crippen LogP contribution in [-0.2, 0) is 4.79 Å². The van der Waals surface area contributed by atoms with Gasteiger partial charge >= 0.3 is 0 Å². The number of ether oxygens (including phenoxy) is 1. The first-order valence-corrected chi connectivity index (χ1v) is 13.1. The van der Waals surface area contributed by atoms with Gasteiger partial charge in [0.15, 0.2) is 0 Å². The summed E-state index contributed by atoms with van der Waals surface area (Å²) in [5, 5.41) is 0.420. The van der Waals surface area contributed by atoms with E-state index >= 15 is 0 Å². The molecule has 1 aliphatic heterocycles. The van der Waals surface area contributed by atoms with E-state index in [1.54, 1.807) is 49.6 Å². The van der Waals surface area contributed by atoms with Crippen molar-refractivity contribution in [3.05, 3.63) is 44.9 Å². The Hall–Kier alpha value is -2.65. The number of aryl methyl sites for hydroxylation is 1. The van der Waals surface area contributed by atoms with Crippen LogP contribution in [0.3, 0.4) is 0 Å². The predicted octanol–water partition coefficient (Wildman–Crippen LogP) is 4.12. The average molecular weight is 521 g/mol. The summed E-state index contributed by atoms with van der Waals surface area (Å²) < 4.78 is 5.94. The van der Waals surface area contributed by atoms with E-state index in [2.05, 4.69) is 4.98 Å². The molecule has 2 aromatic rings. The lowest BCUT2D eigenvalue weighted by molar-refractivity contribution is -0.133. The van der Waals surface area contributed by atoms with E-state index in [9.17, 15) is 14.4 Å². The number of halogens is 1. The van der Waals surface area contributed by atoms with E-state index in [4.69, 9.17) is 16.3 Å². The molecule has 0 fully saturated rings. The van der Waals surface area contributed by atoms with E-state index in [-0.39, 0.29) is 17.7 Å². The molecule has 0 unspecified atom stereocenters. The largest absolute Gasteiger partial charge is 0.493 e. The summed E-state index contributed by atoms with van der Waals surface area (Å²) >= 11 is 7.53. The van der Waals surface area contributed by atoms with Gasteiger partial charge in [0.1, 0.15) is 16.7 Å². The van der Waals surface area contributed by atoms with Crippen LogP contribution < -0.4 is 4.74 Å². The van der Waals surface area contributed by atoms with Gasteiger partial charge in [-0.05, 0) is 57.7 Å². The van der Waals surface area contributed by atoms with Crippen LogP contribution in [-0.4, -0.2) is 83.8 Å². The van der Waals surface area contributed by atoms with Crippen LogP contribution in [0, 0.1) is 6.92 Å². The maximum atomic E-state index is 13.2. The molecule has 10 heteroatoms. The Morgan fingerprint density at radius 1 is 1.11 bits per heavy atom. The molecule has 190 valence electrons. The quantitative estimate of drug-likeness (QED) is 0.565. The molecule has 1 aromatic carbocycles. The van der Waals surface area contributed by atoms with Crippen LogP contribution in [0.25, 0.3) is 0 Å². The van der Waals surface area contributed by atoms with Crippen molar-refractivity contribution in [3.63, 3.8) is 0 Å². The molecule has 3 rings (SSSR count). The highest BCUT2D eigenvalue weighted by Gasteiger charge is 2.28. The first kappa shape index (κ1) is 26.9. The Kier molecular flexibility index (Phi) is 9.51. The molecule has 0 saturated carbocycles. The van der Waals surface area contributed by atoms with Crippen LogP contribution in [0.5, 0.6) is 5.75 Å². The van der Waals surface area contributed by atoms with Gasteiger partial charge in [-0.25, -0.2) is 4.98 Å². The van der Waals surface area contributed by atoms with Crippen molar-refractivity contribution in [2.75, 3.05) is 40.3 Å². The van der Waals surface area contributed by atoms with E-state index < -0.39 is 6.04 Å². The van der Waals surface area contributed by atoms with Crippen LogP contribution in [0.1, 0.15) is 58.3 Å². The number of aromatic nitrogens is 1. The Bertz CT molecular complexity index is 1060. The molecule has 8 nitrogen and oxygen atoms in total. The fourth-order valence-electron chi connectivity index (χ4n) is 3.96. The lowest BCUT2D eigenvalue weighted by atomic mass is 10.1. The Morgan fingerprint density at radius 2 is 1.80 bits per heavy atom. The van der Waals surface area contributed by atoms with Crippen LogP contribution in [0.15, 0.2) is 23.7 Å². The average Bonchev–Trinajstić information content (AvgIpc) is 3.28. The molecule has 1 aliphatic rings. The lowest BCUT2D eigenvalue weighted by Gasteiger charge is -2.29. The third-order valence-corrected chi connectivity index (χ3v) is 7.44. The maximum absolute atomic E-state index is 13.2. The van der Waals surface area contributed by atoms with Gasteiger partial charge in [-0.2, -0.15) is 0 Å². The van der Waals surface area contributed by atoms with Gasteiger partial charge in [0.2, 0.25) is 5.91 Å². The number of nitrogens with zero attached hydrogens (tertiary/aromatic N) is 4. The predicted molar refractivity (Wildman–Crippen MR) is 137 cm³/mol. The van der Waals surface area contributed by atoms with Crippen molar-refractivity contribution in [2.45, 2.75) is 45.6 Å². The summed E-state index contributed by atoms with van der Waals surface area (Å²) in [6.45, 7) is 5.70. The molecule has 1 aromatic heterocycles. The smallest absolute Gasteiger partial charge is 0.265 e. The minimum Gasteiger partial charge on any atom is -0.493 e. The van der Waals surface area contributed by atoms with E-state index in [0.717, 1.165) is 31.4 Å². The normalized spacial score (nSPS) is 19.2. The minimum atomic E-state index is -0.651. The monoisotopic (exact) mass is 520 g/mol. The number of carbonyl (C=O) groups is 3. The van der Waals surface area contributed by atoms with Crippen molar-refractivity contribution in [3.8, 4) is 5.75 Å². The number of hydrogen-bond acceptors (Lipinski definition) is 6. The van der Waals surface area contributed by atoms with Crippen LogP contribution >= 0.6 is 22.9 Å². The molecule has 35 heavy (non-hydrogen) atoms. The van der Waals surface area contributed by atoms with Crippen molar-refractivity contribution in [2.24, 2.45) is 0 Å². The second kappa shape index (κ2) is 12.4. The second-order valence-corrected chi connectivity index (χ2v) is 10.1. The SMILES string of the molecule is Cc1ncsc1C(=O)N1CCCCOc2ccc(Cl)cc2C(=O)N(C)[C@@H](C)C(=O)N(C)CCCC1. The fraction of sp³-hybridized carbons (Fsp3) is 0.520. The minimum absolute atomic E-state index is 0.00547. The molecule has 0 N–H and O–H groups in total. The summed E-state index contributed by atoms with van der Waals surface area (Å²) in [7, 11) is 3.35. The van der Waals surface area contributed by atoms with Gasteiger partial charge < -0.3 is 19.4 Å². The van der Waals surface area contributed by atoms with E-state index in [1.165, 1.54) is 16.2 Å².